The first-order valence-corrected chi connectivity index (χ1v) is 8.57. The zero-order valence-corrected chi connectivity index (χ0v) is 14.2. The lowest BCUT2D eigenvalue weighted by Gasteiger charge is -2.50. The van der Waals surface area contributed by atoms with E-state index < -0.39 is 16.7 Å². The summed E-state index contributed by atoms with van der Waals surface area (Å²) in [7, 11) is 0. The van der Waals surface area contributed by atoms with Gasteiger partial charge in [-0.05, 0) is 31.7 Å². The lowest BCUT2D eigenvalue weighted by molar-refractivity contribution is -0.146. The van der Waals surface area contributed by atoms with Crippen molar-refractivity contribution in [3.8, 4) is 0 Å². The van der Waals surface area contributed by atoms with Crippen molar-refractivity contribution in [3.05, 3.63) is 35.4 Å². The van der Waals surface area contributed by atoms with Crippen molar-refractivity contribution in [1.29, 1.82) is 0 Å². The van der Waals surface area contributed by atoms with Crippen LogP contribution in [0, 0.1) is 12.3 Å². The SMILES string of the molecule is CCCCC1(C(N)=O)CCCCC1(C(N)=O)c1ccc(C)cc1. The van der Waals surface area contributed by atoms with Gasteiger partial charge in [-0.1, -0.05) is 62.4 Å². The van der Waals surface area contributed by atoms with Crippen LogP contribution in [0.2, 0.25) is 0 Å². The highest BCUT2D eigenvalue weighted by atomic mass is 16.2. The molecule has 0 bridgehead atoms. The fourth-order valence-corrected chi connectivity index (χ4v) is 4.30. The van der Waals surface area contributed by atoms with Gasteiger partial charge in [-0.3, -0.25) is 9.59 Å². The Morgan fingerprint density at radius 2 is 1.65 bits per heavy atom. The standard InChI is InChI=1S/C19H28N2O2/c1-3-4-11-18(16(20)22)12-5-6-13-19(18,17(21)23)15-9-7-14(2)8-10-15/h7-10H,3-6,11-13H2,1-2H3,(H2,20,22)(H2,21,23). The lowest BCUT2D eigenvalue weighted by Crippen LogP contribution is -2.61. The van der Waals surface area contributed by atoms with Crippen molar-refractivity contribution < 1.29 is 9.59 Å². The molecular formula is C19H28N2O2. The molecule has 2 atom stereocenters. The summed E-state index contributed by atoms with van der Waals surface area (Å²) in [5.74, 6) is -0.805. The third kappa shape index (κ3) is 2.75. The number of carbonyl (C=O) groups excluding carboxylic acids is 2. The van der Waals surface area contributed by atoms with E-state index in [-0.39, 0.29) is 5.91 Å². The van der Waals surface area contributed by atoms with E-state index in [0.29, 0.717) is 19.3 Å². The molecule has 0 spiro atoms. The molecule has 126 valence electrons. The number of primary amides is 2. The van der Waals surface area contributed by atoms with Gasteiger partial charge in [-0.25, -0.2) is 0 Å². The van der Waals surface area contributed by atoms with E-state index in [9.17, 15) is 9.59 Å². The fourth-order valence-electron chi connectivity index (χ4n) is 4.30. The lowest BCUT2D eigenvalue weighted by atomic mass is 9.50. The second-order valence-electron chi connectivity index (χ2n) is 6.89. The molecule has 0 aromatic heterocycles. The first kappa shape index (κ1) is 17.5. The molecule has 4 nitrogen and oxygen atoms in total. The van der Waals surface area contributed by atoms with Crippen molar-refractivity contribution in [3.63, 3.8) is 0 Å². The molecule has 2 rings (SSSR count). The normalized spacial score (nSPS) is 27.6. The predicted molar refractivity (Wildman–Crippen MR) is 91.7 cm³/mol. The van der Waals surface area contributed by atoms with Gasteiger partial charge in [0.15, 0.2) is 0 Å². The average Bonchev–Trinajstić information content (AvgIpc) is 2.53. The van der Waals surface area contributed by atoms with Crippen molar-refractivity contribution in [2.75, 3.05) is 0 Å². The van der Waals surface area contributed by atoms with Crippen LogP contribution in [0.25, 0.3) is 0 Å². The van der Waals surface area contributed by atoms with Crippen molar-refractivity contribution in [2.24, 2.45) is 16.9 Å². The molecule has 4 N–H and O–H groups in total. The molecule has 1 saturated carbocycles. The average molecular weight is 316 g/mol. The van der Waals surface area contributed by atoms with Crippen LogP contribution in [0.1, 0.15) is 63.0 Å². The molecule has 1 aromatic rings. The van der Waals surface area contributed by atoms with E-state index in [1.54, 1.807) is 0 Å². The maximum Gasteiger partial charge on any atom is 0.229 e. The topological polar surface area (TPSA) is 86.2 Å². The van der Waals surface area contributed by atoms with Gasteiger partial charge in [0.25, 0.3) is 0 Å². The summed E-state index contributed by atoms with van der Waals surface area (Å²) in [6, 6.07) is 7.82. The first-order valence-electron chi connectivity index (χ1n) is 8.57. The summed E-state index contributed by atoms with van der Waals surface area (Å²) in [5, 5.41) is 0. The van der Waals surface area contributed by atoms with E-state index >= 15 is 0 Å². The summed E-state index contributed by atoms with van der Waals surface area (Å²) in [5.41, 5.74) is 11.9. The number of carbonyl (C=O) groups is 2. The summed E-state index contributed by atoms with van der Waals surface area (Å²) in [4.78, 5) is 25.2. The first-order chi connectivity index (χ1) is 10.9. The maximum atomic E-state index is 12.7. The minimum atomic E-state index is -0.986. The van der Waals surface area contributed by atoms with Crippen LogP contribution >= 0.6 is 0 Å². The van der Waals surface area contributed by atoms with Crippen LogP contribution in [-0.4, -0.2) is 11.8 Å². The smallest absolute Gasteiger partial charge is 0.229 e. The van der Waals surface area contributed by atoms with Crippen LogP contribution in [0.5, 0.6) is 0 Å². The molecule has 0 radical (unpaired) electrons. The molecule has 2 unspecified atom stereocenters. The van der Waals surface area contributed by atoms with Crippen LogP contribution in [-0.2, 0) is 15.0 Å². The number of amides is 2. The quantitative estimate of drug-likeness (QED) is 0.845. The number of nitrogens with two attached hydrogens (primary N) is 2. The number of rotatable bonds is 6. The van der Waals surface area contributed by atoms with E-state index in [4.69, 9.17) is 11.5 Å². The Labute approximate surface area is 138 Å². The van der Waals surface area contributed by atoms with Gasteiger partial charge in [0, 0.05) is 0 Å². The highest BCUT2D eigenvalue weighted by molar-refractivity contribution is 5.96. The van der Waals surface area contributed by atoms with Crippen LogP contribution in [0.15, 0.2) is 24.3 Å². The van der Waals surface area contributed by atoms with Gasteiger partial charge in [0.05, 0.1) is 10.8 Å². The number of benzene rings is 1. The van der Waals surface area contributed by atoms with Gasteiger partial charge >= 0.3 is 0 Å². The number of hydrogen-bond acceptors (Lipinski definition) is 2. The minimum Gasteiger partial charge on any atom is -0.369 e. The molecule has 4 heteroatoms. The van der Waals surface area contributed by atoms with Crippen LogP contribution in [0.3, 0.4) is 0 Å². The molecule has 2 amide bonds. The van der Waals surface area contributed by atoms with Gasteiger partial charge in [-0.15, -0.1) is 0 Å². The third-order valence-electron chi connectivity index (χ3n) is 5.62. The molecule has 1 aliphatic carbocycles. The number of unbranched alkanes of at least 4 members (excludes halogenated alkanes) is 1. The monoisotopic (exact) mass is 316 g/mol. The molecular weight excluding hydrogens is 288 g/mol. The highest BCUT2D eigenvalue weighted by Crippen LogP contribution is 2.55. The molecule has 0 heterocycles. The zero-order chi connectivity index (χ0) is 17.1. The molecule has 1 aliphatic rings. The van der Waals surface area contributed by atoms with Gasteiger partial charge in [0.2, 0.25) is 11.8 Å². The number of aryl methyl sites for hydroxylation is 1. The molecule has 1 fully saturated rings. The maximum absolute atomic E-state index is 12.7. The van der Waals surface area contributed by atoms with E-state index in [1.807, 2.05) is 31.2 Å². The Morgan fingerprint density at radius 1 is 1.04 bits per heavy atom. The largest absolute Gasteiger partial charge is 0.369 e. The molecule has 0 aliphatic heterocycles. The van der Waals surface area contributed by atoms with Crippen molar-refractivity contribution >= 4 is 11.8 Å². The summed E-state index contributed by atoms with van der Waals surface area (Å²) >= 11 is 0. The Hall–Kier alpha value is -1.84. The summed E-state index contributed by atoms with van der Waals surface area (Å²) in [6.07, 6.45) is 5.47. The molecule has 1 aromatic carbocycles. The van der Waals surface area contributed by atoms with Gasteiger partial charge in [-0.2, -0.15) is 0 Å². The van der Waals surface area contributed by atoms with E-state index in [1.165, 1.54) is 0 Å². The van der Waals surface area contributed by atoms with Gasteiger partial charge in [0.1, 0.15) is 0 Å². The Kier molecular flexibility index (Phi) is 5.12. The Morgan fingerprint density at radius 3 is 2.17 bits per heavy atom. The van der Waals surface area contributed by atoms with E-state index in [2.05, 4.69) is 6.92 Å². The van der Waals surface area contributed by atoms with E-state index in [0.717, 1.165) is 36.8 Å². The Bertz CT molecular complexity index is 582. The second kappa shape index (κ2) is 6.73. The van der Waals surface area contributed by atoms with Crippen molar-refractivity contribution in [2.45, 2.75) is 64.2 Å². The second-order valence-corrected chi connectivity index (χ2v) is 6.89. The zero-order valence-electron chi connectivity index (χ0n) is 14.2. The third-order valence-corrected chi connectivity index (χ3v) is 5.62. The molecule has 0 saturated heterocycles. The fraction of sp³-hybridized carbons (Fsp3) is 0.579. The molecule has 23 heavy (non-hydrogen) atoms. The minimum absolute atomic E-state index is 0.384. The van der Waals surface area contributed by atoms with Crippen LogP contribution < -0.4 is 11.5 Å². The predicted octanol–water partition coefficient (Wildman–Crippen LogP) is 2.95. The van der Waals surface area contributed by atoms with Crippen molar-refractivity contribution in [1.82, 2.24) is 0 Å². The highest BCUT2D eigenvalue weighted by Gasteiger charge is 2.60. The number of hydrogen-bond donors (Lipinski definition) is 2. The Balaban J connectivity index is 2.66. The van der Waals surface area contributed by atoms with Gasteiger partial charge < -0.3 is 11.5 Å². The van der Waals surface area contributed by atoms with Crippen LogP contribution in [0.4, 0.5) is 0 Å². The summed E-state index contributed by atoms with van der Waals surface area (Å²) in [6.45, 7) is 4.08. The summed E-state index contributed by atoms with van der Waals surface area (Å²) < 4.78 is 0.